The highest BCUT2D eigenvalue weighted by Crippen LogP contribution is 2.20. The second-order valence-electron chi connectivity index (χ2n) is 6.46. The average Bonchev–Trinajstić information content (AvgIpc) is 2.70. The molecule has 0 aromatic heterocycles. The van der Waals surface area contributed by atoms with Gasteiger partial charge >= 0.3 is 0 Å². The maximum atomic E-state index is 12.3. The fourth-order valence-corrected chi connectivity index (χ4v) is 2.65. The van der Waals surface area contributed by atoms with Crippen LogP contribution in [0, 0.1) is 0 Å². The van der Waals surface area contributed by atoms with Crippen molar-refractivity contribution in [3.8, 4) is 11.5 Å². The number of benzene rings is 3. The highest BCUT2D eigenvalue weighted by Gasteiger charge is 2.14. The zero-order valence-corrected chi connectivity index (χ0v) is 15.8. The zero-order valence-electron chi connectivity index (χ0n) is 15.8. The summed E-state index contributed by atoms with van der Waals surface area (Å²) in [6, 6.07) is 20.3. The van der Waals surface area contributed by atoms with Gasteiger partial charge in [0, 0.05) is 0 Å². The normalized spacial score (nSPS) is 10.5. The van der Waals surface area contributed by atoms with E-state index >= 15 is 0 Å². The van der Waals surface area contributed by atoms with E-state index in [1.165, 1.54) is 0 Å². The van der Waals surface area contributed by atoms with Crippen molar-refractivity contribution in [1.29, 1.82) is 0 Å². The second kappa shape index (κ2) is 8.90. The minimum Gasteiger partial charge on any atom is -0.490 e. The van der Waals surface area contributed by atoms with Crippen LogP contribution < -0.4 is 20.3 Å². The van der Waals surface area contributed by atoms with E-state index in [1.54, 1.807) is 30.3 Å². The van der Waals surface area contributed by atoms with Crippen molar-refractivity contribution >= 4 is 22.6 Å². The topological polar surface area (TPSA) is 76.7 Å². The van der Waals surface area contributed by atoms with E-state index < -0.39 is 11.8 Å². The standard InChI is InChI=1S/C22H22N2O4/c1-15(2)28-20-10-6-5-9-19(20)22(26)24-23-21(25)14-27-18-12-11-16-7-3-4-8-17(16)13-18/h3-13,15H,14H2,1-2H3,(H,23,25)(H,24,26). The lowest BCUT2D eigenvalue weighted by Crippen LogP contribution is -2.44. The number of hydrogen-bond donors (Lipinski definition) is 2. The Morgan fingerprint density at radius 1 is 0.893 bits per heavy atom. The fraction of sp³-hybridized carbons (Fsp3) is 0.182. The molecule has 2 amide bonds. The number of carbonyl (C=O) groups is 2. The molecule has 0 aliphatic heterocycles. The second-order valence-corrected chi connectivity index (χ2v) is 6.46. The van der Waals surface area contributed by atoms with Gasteiger partial charge in [0.25, 0.3) is 11.8 Å². The number of hydrogen-bond acceptors (Lipinski definition) is 4. The lowest BCUT2D eigenvalue weighted by atomic mass is 10.1. The van der Waals surface area contributed by atoms with Crippen LogP contribution in [-0.2, 0) is 4.79 Å². The van der Waals surface area contributed by atoms with Crippen LogP contribution in [-0.4, -0.2) is 24.5 Å². The number of amides is 2. The van der Waals surface area contributed by atoms with E-state index in [4.69, 9.17) is 9.47 Å². The quantitative estimate of drug-likeness (QED) is 0.644. The van der Waals surface area contributed by atoms with Crippen LogP contribution in [0.5, 0.6) is 11.5 Å². The van der Waals surface area contributed by atoms with Crippen LogP contribution in [0.15, 0.2) is 66.7 Å². The van der Waals surface area contributed by atoms with Crippen molar-refractivity contribution in [2.24, 2.45) is 0 Å². The molecule has 2 N–H and O–H groups in total. The van der Waals surface area contributed by atoms with Crippen molar-refractivity contribution < 1.29 is 19.1 Å². The molecule has 28 heavy (non-hydrogen) atoms. The van der Waals surface area contributed by atoms with Gasteiger partial charge in [0.2, 0.25) is 0 Å². The number of carbonyl (C=O) groups excluding carboxylic acids is 2. The molecule has 0 fully saturated rings. The summed E-state index contributed by atoms with van der Waals surface area (Å²) in [5, 5.41) is 2.12. The first-order valence-corrected chi connectivity index (χ1v) is 8.99. The molecule has 0 aliphatic carbocycles. The first-order chi connectivity index (χ1) is 13.5. The summed E-state index contributed by atoms with van der Waals surface area (Å²) in [4.78, 5) is 24.3. The van der Waals surface area contributed by atoms with Crippen LogP contribution in [0.1, 0.15) is 24.2 Å². The minimum absolute atomic E-state index is 0.0705. The number of rotatable bonds is 6. The molecule has 0 radical (unpaired) electrons. The van der Waals surface area contributed by atoms with E-state index in [0.717, 1.165) is 10.8 Å². The lowest BCUT2D eigenvalue weighted by molar-refractivity contribution is -0.123. The van der Waals surface area contributed by atoms with Gasteiger partial charge in [0.15, 0.2) is 6.61 Å². The van der Waals surface area contributed by atoms with Gasteiger partial charge in [-0.15, -0.1) is 0 Å². The number of hydrazine groups is 1. The first-order valence-electron chi connectivity index (χ1n) is 8.99. The molecule has 0 aliphatic rings. The van der Waals surface area contributed by atoms with Gasteiger partial charge in [0.05, 0.1) is 11.7 Å². The number of ether oxygens (including phenoxy) is 2. The summed E-state index contributed by atoms with van der Waals surface area (Å²) in [6.45, 7) is 3.53. The number of para-hydroxylation sites is 1. The smallest absolute Gasteiger partial charge is 0.276 e. The highest BCUT2D eigenvalue weighted by molar-refractivity contribution is 5.98. The Morgan fingerprint density at radius 2 is 1.61 bits per heavy atom. The molecule has 0 bridgehead atoms. The maximum Gasteiger partial charge on any atom is 0.276 e. The summed E-state index contributed by atoms with van der Waals surface area (Å²) in [6.07, 6.45) is -0.0705. The Kier molecular flexibility index (Phi) is 6.11. The molecular weight excluding hydrogens is 356 g/mol. The summed E-state index contributed by atoms with van der Waals surface area (Å²) < 4.78 is 11.1. The van der Waals surface area contributed by atoms with Crippen LogP contribution in [0.2, 0.25) is 0 Å². The van der Waals surface area contributed by atoms with Gasteiger partial charge in [-0.05, 0) is 48.9 Å². The molecule has 0 saturated heterocycles. The van der Waals surface area contributed by atoms with Crippen LogP contribution in [0.4, 0.5) is 0 Å². The zero-order chi connectivity index (χ0) is 19.9. The van der Waals surface area contributed by atoms with Crippen molar-refractivity contribution in [3.05, 3.63) is 72.3 Å². The predicted octanol–water partition coefficient (Wildman–Crippen LogP) is 3.47. The number of nitrogens with one attached hydrogen (secondary N) is 2. The summed E-state index contributed by atoms with van der Waals surface area (Å²) in [5.41, 5.74) is 5.07. The Balaban J connectivity index is 1.53. The van der Waals surface area contributed by atoms with E-state index in [0.29, 0.717) is 17.1 Å². The van der Waals surface area contributed by atoms with Crippen molar-refractivity contribution in [3.63, 3.8) is 0 Å². The Morgan fingerprint density at radius 3 is 2.39 bits per heavy atom. The average molecular weight is 378 g/mol. The monoisotopic (exact) mass is 378 g/mol. The summed E-state index contributed by atoms with van der Waals surface area (Å²) in [5.74, 6) is 0.103. The van der Waals surface area contributed by atoms with E-state index in [2.05, 4.69) is 10.9 Å². The van der Waals surface area contributed by atoms with Gasteiger partial charge in [0.1, 0.15) is 11.5 Å². The molecule has 6 nitrogen and oxygen atoms in total. The summed E-state index contributed by atoms with van der Waals surface area (Å²) in [7, 11) is 0. The van der Waals surface area contributed by atoms with Crippen molar-refractivity contribution in [1.82, 2.24) is 10.9 Å². The fourth-order valence-electron chi connectivity index (χ4n) is 2.65. The van der Waals surface area contributed by atoms with E-state index in [-0.39, 0.29) is 12.7 Å². The molecular formula is C22H22N2O4. The molecule has 3 aromatic rings. The van der Waals surface area contributed by atoms with Crippen molar-refractivity contribution in [2.75, 3.05) is 6.61 Å². The Bertz CT molecular complexity index is 985. The predicted molar refractivity (Wildman–Crippen MR) is 107 cm³/mol. The molecule has 0 spiro atoms. The Hall–Kier alpha value is -3.54. The molecule has 0 saturated carbocycles. The minimum atomic E-state index is -0.469. The van der Waals surface area contributed by atoms with Gasteiger partial charge in [-0.3, -0.25) is 20.4 Å². The number of fused-ring (bicyclic) bond motifs is 1. The van der Waals surface area contributed by atoms with Crippen LogP contribution in [0.25, 0.3) is 10.8 Å². The van der Waals surface area contributed by atoms with E-state index in [1.807, 2.05) is 50.2 Å². The third-order valence-electron chi connectivity index (χ3n) is 3.90. The molecule has 144 valence electrons. The van der Waals surface area contributed by atoms with E-state index in [9.17, 15) is 9.59 Å². The summed E-state index contributed by atoms with van der Waals surface area (Å²) >= 11 is 0. The van der Waals surface area contributed by atoms with Crippen LogP contribution >= 0.6 is 0 Å². The lowest BCUT2D eigenvalue weighted by Gasteiger charge is -2.14. The van der Waals surface area contributed by atoms with Gasteiger partial charge in [-0.1, -0.05) is 42.5 Å². The largest absolute Gasteiger partial charge is 0.490 e. The molecule has 3 aromatic carbocycles. The molecule has 0 atom stereocenters. The van der Waals surface area contributed by atoms with Crippen LogP contribution in [0.3, 0.4) is 0 Å². The third kappa shape index (κ3) is 5.01. The Labute approximate surface area is 163 Å². The van der Waals surface area contributed by atoms with Gasteiger partial charge in [-0.25, -0.2) is 0 Å². The molecule has 0 heterocycles. The SMILES string of the molecule is CC(C)Oc1ccccc1C(=O)NNC(=O)COc1ccc2ccccc2c1. The van der Waals surface area contributed by atoms with Crippen molar-refractivity contribution in [2.45, 2.75) is 20.0 Å². The first kappa shape index (κ1) is 19.2. The molecule has 6 heteroatoms. The van der Waals surface area contributed by atoms with Gasteiger partial charge in [-0.2, -0.15) is 0 Å². The van der Waals surface area contributed by atoms with Gasteiger partial charge < -0.3 is 9.47 Å². The maximum absolute atomic E-state index is 12.3. The molecule has 0 unspecified atom stereocenters. The molecule has 3 rings (SSSR count). The third-order valence-corrected chi connectivity index (χ3v) is 3.90. The highest BCUT2D eigenvalue weighted by atomic mass is 16.5.